The highest BCUT2D eigenvalue weighted by Gasteiger charge is 2.26. The molecule has 1 saturated heterocycles. The number of nitrogens with zero attached hydrogens (tertiary/aromatic N) is 3. The molecule has 1 aromatic heterocycles. The Morgan fingerprint density at radius 1 is 1.06 bits per heavy atom. The van der Waals surface area contributed by atoms with E-state index < -0.39 is 11.2 Å². The Labute approximate surface area is 187 Å². The molecule has 2 heterocycles. The average Bonchev–Trinajstić information content (AvgIpc) is 2.79. The number of para-hydroxylation sites is 1. The van der Waals surface area contributed by atoms with Crippen LogP contribution in [0, 0.1) is 25.6 Å². The zero-order valence-corrected chi connectivity index (χ0v) is 18.6. The Balaban J connectivity index is 1.43. The number of amides is 1. The van der Waals surface area contributed by atoms with E-state index in [0.717, 1.165) is 25.7 Å². The highest BCUT2D eigenvalue weighted by Crippen LogP contribution is 2.23. The van der Waals surface area contributed by atoms with E-state index >= 15 is 0 Å². The third-order valence-electron chi connectivity index (χ3n) is 6.25. The summed E-state index contributed by atoms with van der Waals surface area (Å²) in [5, 5.41) is 4.25. The second kappa shape index (κ2) is 9.47. The number of carbonyl (C=O) groups is 1. The fourth-order valence-electron chi connectivity index (χ4n) is 4.26. The summed E-state index contributed by atoms with van der Waals surface area (Å²) in [7, 11) is 0. The quantitative estimate of drug-likeness (QED) is 0.596. The Bertz CT molecular complexity index is 1160. The second-order valence-corrected chi connectivity index (χ2v) is 8.62. The Kier molecular flexibility index (Phi) is 6.49. The van der Waals surface area contributed by atoms with Crippen molar-refractivity contribution in [3.05, 3.63) is 93.2 Å². The number of aromatic nitrogens is 2. The first-order valence-electron chi connectivity index (χ1n) is 11.1. The van der Waals surface area contributed by atoms with Gasteiger partial charge in [-0.05, 0) is 63.1 Å². The zero-order valence-electron chi connectivity index (χ0n) is 18.6. The van der Waals surface area contributed by atoms with Crippen LogP contribution in [0.5, 0.6) is 0 Å². The molecule has 1 aliphatic rings. The zero-order chi connectivity index (χ0) is 22.7. The van der Waals surface area contributed by atoms with E-state index in [0.29, 0.717) is 24.7 Å². The van der Waals surface area contributed by atoms with Crippen LogP contribution < -0.4 is 5.43 Å². The molecule has 0 atom stereocenters. The molecule has 0 spiro atoms. The van der Waals surface area contributed by atoms with E-state index in [-0.39, 0.29) is 17.3 Å². The number of hydrogen-bond acceptors (Lipinski definition) is 3. The molecule has 0 N–H and O–H groups in total. The number of piperidine rings is 1. The van der Waals surface area contributed by atoms with Gasteiger partial charge in [0.05, 0.1) is 0 Å². The molecule has 1 amide bonds. The highest BCUT2D eigenvalue weighted by atomic mass is 19.1. The van der Waals surface area contributed by atoms with Gasteiger partial charge < -0.3 is 4.90 Å². The molecular formula is C26H28FN3O2. The van der Waals surface area contributed by atoms with Crippen molar-refractivity contribution in [3.8, 4) is 5.69 Å². The van der Waals surface area contributed by atoms with Crippen molar-refractivity contribution in [1.82, 2.24) is 14.7 Å². The van der Waals surface area contributed by atoms with Crippen LogP contribution in [0.25, 0.3) is 5.69 Å². The lowest BCUT2D eigenvalue weighted by atomic mass is 9.90. The standard InChI is InChI=1S/C26H28FN3O2/c1-18-7-9-20(10-8-18)11-12-21-13-15-29(16-14-21)26(32)25-24(31)17-19(2)30(28-25)23-6-4-3-5-22(23)27/h3-10,17,21H,11-16H2,1-2H3. The van der Waals surface area contributed by atoms with Crippen molar-refractivity contribution in [1.29, 1.82) is 0 Å². The summed E-state index contributed by atoms with van der Waals surface area (Å²) in [4.78, 5) is 27.3. The average molecular weight is 434 g/mol. The van der Waals surface area contributed by atoms with E-state index in [4.69, 9.17) is 0 Å². The molecule has 3 aromatic rings. The molecular weight excluding hydrogens is 405 g/mol. The maximum atomic E-state index is 14.3. The molecule has 2 aromatic carbocycles. The summed E-state index contributed by atoms with van der Waals surface area (Å²) in [6, 6.07) is 16.2. The summed E-state index contributed by atoms with van der Waals surface area (Å²) < 4.78 is 15.6. The number of carbonyl (C=O) groups excluding carboxylic acids is 1. The predicted molar refractivity (Wildman–Crippen MR) is 123 cm³/mol. The molecule has 1 fully saturated rings. The minimum Gasteiger partial charge on any atom is -0.337 e. The third kappa shape index (κ3) is 4.79. The maximum absolute atomic E-state index is 14.3. The first-order valence-corrected chi connectivity index (χ1v) is 11.1. The van der Waals surface area contributed by atoms with E-state index in [9.17, 15) is 14.0 Å². The van der Waals surface area contributed by atoms with Gasteiger partial charge in [-0.3, -0.25) is 9.59 Å². The van der Waals surface area contributed by atoms with Crippen molar-refractivity contribution >= 4 is 5.91 Å². The van der Waals surface area contributed by atoms with E-state index in [2.05, 4.69) is 36.3 Å². The molecule has 1 aliphatic heterocycles. The van der Waals surface area contributed by atoms with Gasteiger partial charge in [0.25, 0.3) is 5.91 Å². The molecule has 0 radical (unpaired) electrons. The fraction of sp³-hybridized carbons (Fsp3) is 0.346. The normalized spacial score (nSPS) is 14.5. The van der Waals surface area contributed by atoms with Crippen LogP contribution in [-0.4, -0.2) is 33.7 Å². The third-order valence-corrected chi connectivity index (χ3v) is 6.25. The number of benzene rings is 2. The van der Waals surface area contributed by atoms with Crippen molar-refractivity contribution in [2.24, 2.45) is 5.92 Å². The van der Waals surface area contributed by atoms with Crippen LogP contribution >= 0.6 is 0 Å². The number of aryl methyl sites for hydroxylation is 3. The molecule has 0 bridgehead atoms. The number of likely N-dealkylation sites (tertiary alicyclic amines) is 1. The Hall–Kier alpha value is -3.28. The summed E-state index contributed by atoms with van der Waals surface area (Å²) in [5.74, 6) is -0.280. The van der Waals surface area contributed by atoms with E-state index in [1.807, 2.05) is 0 Å². The Morgan fingerprint density at radius 2 is 1.75 bits per heavy atom. The topological polar surface area (TPSA) is 55.2 Å². The molecule has 5 nitrogen and oxygen atoms in total. The number of rotatable bonds is 5. The highest BCUT2D eigenvalue weighted by molar-refractivity contribution is 5.92. The predicted octanol–water partition coefficient (Wildman–Crippen LogP) is 4.47. The van der Waals surface area contributed by atoms with Crippen LogP contribution in [0.3, 0.4) is 0 Å². The minimum atomic E-state index is -0.459. The number of halogens is 1. The van der Waals surface area contributed by atoms with Gasteiger partial charge in [-0.15, -0.1) is 0 Å². The van der Waals surface area contributed by atoms with Crippen LogP contribution in [-0.2, 0) is 6.42 Å². The summed E-state index contributed by atoms with van der Waals surface area (Å²) in [5.41, 5.74) is 2.71. The van der Waals surface area contributed by atoms with Crippen molar-refractivity contribution < 1.29 is 9.18 Å². The van der Waals surface area contributed by atoms with E-state index in [1.165, 1.54) is 27.9 Å². The fourth-order valence-corrected chi connectivity index (χ4v) is 4.26. The van der Waals surface area contributed by atoms with Gasteiger partial charge in [-0.1, -0.05) is 42.0 Å². The van der Waals surface area contributed by atoms with Crippen LogP contribution in [0.15, 0.2) is 59.4 Å². The maximum Gasteiger partial charge on any atom is 0.278 e. The van der Waals surface area contributed by atoms with Crippen molar-refractivity contribution in [2.45, 2.75) is 39.5 Å². The van der Waals surface area contributed by atoms with Crippen LogP contribution in [0.2, 0.25) is 0 Å². The lowest BCUT2D eigenvalue weighted by molar-refractivity contribution is 0.0677. The first kappa shape index (κ1) is 21.9. The summed E-state index contributed by atoms with van der Waals surface area (Å²) in [6.07, 6.45) is 3.94. The molecule has 0 saturated carbocycles. The lowest BCUT2D eigenvalue weighted by Gasteiger charge is -2.31. The van der Waals surface area contributed by atoms with Crippen LogP contribution in [0.1, 0.15) is 46.6 Å². The van der Waals surface area contributed by atoms with Crippen molar-refractivity contribution in [3.63, 3.8) is 0 Å². The summed E-state index contributed by atoms with van der Waals surface area (Å²) in [6.45, 7) is 4.97. The molecule has 166 valence electrons. The molecule has 4 rings (SSSR count). The van der Waals surface area contributed by atoms with Gasteiger partial charge in [-0.2, -0.15) is 5.10 Å². The van der Waals surface area contributed by atoms with Gasteiger partial charge >= 0.3 is 0 Å². The summed E-state index contributed by atoms with van der Waals surface area (Å²) >= 11 is 0. The van der Waals surface area contributed by atoms with E-state index in [1.54, 1.807) is 30.0 Å². The molecule has 0 aliphatic carbocycles. The second-order valence-electron chi connectivity index (χ2n) is 8.62. The molecule has 32 heavy (non-hydrogen) atoms. The van der Waals surface area contributed by atoms with Gasteiger partial charge in [0.15, 0.2) is 5.69 Å². The van der Waals surface area contributed by atoms with Gasteiger partial charge in [-0.25, -0.2) is 9.07 Å². The lowest BCUT2D eigenvalue weighted by Crippen LogP contribution is -2.41. The Morgan fingerprint density at radius 3 is 2.44 bits per heavy atom. The van der Waals surface area contributed by atoms with Crippen LogP contribution in [0.4, 0.5) is 4.39 Å². The molecule has 0 unspecified atom stereocenters. The molecule has 6 heteroatoms. The van der Waals surface area contributed by atoms with Gasteiger partial charge in [0.1, 0.15) is 11.5 Å². The minimum absolute atomic E-state index is 0.156. The van der Waals surface area contributed by atoms with Gasteiger partial charge in [0.2, 0.25) is 5.43 Å². The SMILES string of the molecule is Cc1ccc(CCC2CCN(C(=O)c3nn(-c4ccccc4F)c(C)cc3=O)CC2)cc1. The largest absolute Gasteiger partial charge is 0.337 e. The smallest absolute Gasteiger partial charge is 0.278 e. The first-order chi connectivity index (χ1) is 15.4. The monoisotopic (exact) mass is 433 g/mol. The number of hydrogen-bond donors (Lipinski definition) is 0. The van der Waals surface area contributed by atoms with Crippen molar-refractivity contribution in [2.75, 3.05) is 13.1 Å². The van der Waals surface area contributed by atoms with Gasteiger partial charge in [0, 0.05) is 24.8 Å².